The number of hydrogen-bond acceptors (Lipinski definition) is 6. The Labute approximate surface area is 159 Å². The number of thioether (sulfide) groups is 1. The zero-order valence-electron chi connectivity index (χ0n) is 15.0. The maximum atomic E-state index is 10.6. The SMILES string of the molecule is CSc1ccc2ncnc(N3CCC(C)(N)CC3)c2c1.O=C(O)C(F)(F)F. The molecule has 0 bridgehead atoms. The van der Waals surface area contributed by atoms with Crippen molar-refractivity contribution >= 4 is 34.5 Å². The predicted octanol–water partition coefficient (Wildman–Crippen LogP) is 3.30. The summed E-state index contributed by atoms with van der Waals surface area (Å²) in [5.74, 6) is -1.71. The van der Waals surface area contributed by atoms with Gasteiger partial charge in [-0.25, -0.2) is 14.8 Å². The van der Waals surface area contributed by atoms with Crippen molar-refractivity contribution in [3.63, 3.8) is 0 Å². The van der Waals surface area contributed by atoms with Crippen molar-refractivity contribution in [2.75, 3.05) is 24.2 Å². The van der Waals surface area contributed by atoms with Gasteiger partial charge in [0, 0.05) is 28.9 Å². The van der Waals surface area contributed by atoms with Gasteiger partial charge in [0.25, 0.3) is 0 Å². The fourth-order valence-electron chi connectivity index (χ4n) is 2.63. The van der Waals surface area contributed by atoms with Crippen molar-refractivity contribution in [3.8, 4) is 0 Å². The van der Waals surface area contributed by atoms with Gasteiger partial charge in [0.05, 0.1) is 5.52 Å². The number of carbonyl (C=O) groups is 1. The predicted molar refractivity (Wildman–Crippen MR) is 99.0 cm³/mol. The maximum Gasteiger partial charge on any atom is 0.490 e. The molecule has 1 aromatic heterocycles. The van der Waals surface area contributed by atoms with Crippen molar-refractivity contribution in [1.82, 2.24) is 9.97 Å². The van der Waals surface area contributed by atoms with E-state index in [0.717, 1.165) is 42.7 Å². The molecule has 27 heavy (non-hydrogen) atoms. The average molecular weight is 402 g/mol. The van der Waals surface area contributed by atoms with E-state index in [1.54, 1.807) is 18.1 Å². The summed E-state index contributed by atoms with van der Waals surface area (Å²) >= 11 is 1.74. The van der Waals surface area contributed by atoms with Crippen molar-refractivity contribution < 1.29 is 23.1 Å². The second-order valence-corrected chi connectivity index (χ2v) is 7.40. The highest BCUT2D eigenvalue weighted by Gasteiger charge is 2.38. The Hall–Kier alpha value is -2.07. The van der Waals surface area contributed by atoms with E-state index >= 15 is 0 Å². The van der Waals surface area contributed by atoms with Crippen LogP contribution in [0.3, 0.4) is 0 Å². The van der Waals surface area contributed by atoms with E-state index in [0.29, 0.717) is 0 Å². The summed E-state index contributed by atoms with van der Waals surface area (Å²) in [4.78, 5) is 21.4. The Morgan fingerprint density at radius 1 is 1.30 bits per heavy atom. The topological polar surface area (TPSA) is 92.3 Å². The molecule has 2 aromatic rings. The lowest BCUT2D eigenvalue weighted by molar-refractivity contribution is -0.192. The molecular weight excluding hydrogens is 381 g/mol. The van der Waals surface area contributed by atoms with Gasteiger partial charge in [-0.05, 0) is 44.2 Å². The van der Waals surface area contributed by atoms with E-state index in [1.807, 2.05) is 0 Å². The summed E-state index contributed by atoms with van der Waals surface area (Å²) in [6.07, 6.45) is 0.666. The van der Waals surface area contributed by atoms with Crippen LogP contribution in [0.4, 0.5) is 19.0 Å². The number of nitrogens with zero attached hydrogens (tertiary/aromatic N) is 3. The molecule has 2 heterocycles. The number of carboxylic acid groups (broad SMARTS) is 1. The Balaban J connectivity index is 0.000000321. The summed E-state index contributed by atoms with van der Waals surface area (Å²) in [7, 11) is 0. The smallest absolute Gasteiger partial charge is 0.475 e. The summed E-state index contributed by atoms with van der Waals surface area (Å²) in [6.45, 7) is 4.06. The van der Waals surface area contributed by atoms with E-state index < -0.39 is 12.1 Å². The molecule has 3 N–H and O–H groups in total. The summed E-state index contributed by atoms with van der Waals surface area (Å²) in [5.41, 5.74) is 7.18. The van der Waals surface area contributed by atoms with Crippen LogP contribution in [0.2, 0.25) is 0 Å². The van der Waals surface area contributed by atoms with Crippen LogP contribution in [-0.2, 0) is 4.79 Å². The van der Waals surface area contributed by atoms with Gasteiger partial charge in [-0.1, -0.05) is 0 Å². The largest absolute Gasteiger partial charge is 0.490 e. The first-order valence-electron chi connectivity index (χ1n) is 8.16. The van der Waals surface area contributed by atoms with E-state index in [1.165, 1.54) is 4.90 Å². The number of aromatic nitrogens is 2. The van der Waals surface area contributed by atoms with E-state index in [-0.39, 0.29) is 5.54 Å². The first-order valence-corrected chi connectivity index (χ1v) is 9.39. The van der Waals surface area contributed by atoms with Crippen LogP contribution < -0.4 is 10.6 Å². The first kappa shape index (κ1) is 21.2. The standard InChI is InChI=1S/C15H20N4S.C2HF3O2/c1-15(16)5-7-19(8-6-15)14-12-9-11(20-2)3-4-13(12)17-10-18-14;3-2(4,5)1(6)7/h3-4,9-10H,5-8,16H2,1-2H3;(H,6,7). The van der Waals surface area contributed by atoms with Gasteiger partial charge in [0.1, 0.15) is 12.1 Å². The minimum absolute atomic E-state index is 0.0379. The molecule has 0 saturated carbocycles. The normalized spacial score (nSPS) is 16.6. The number of piperidine rings is 1. The molecule has 0 amide bonds. The first-order chi connectivity index (χ1) is 12.5. The summed E-state index contributed by atoms with van der Waals surface area (Å²) < 4.78 is 31.7. The average Bonchev–Trinajstić information content (AvgIpc) is 2.60. The van der Waals surface area contributed by atoms with E-state index in [2.05, 4.69) is 46.2 Å². The maximum absolute atomic E-state index is 10.6. The Bertz CT molecular complexity index is 804. The summed E-state index contributed by atoms with van der Waals surface area (Å²) in [5, 5.41) is 8.26. The van der Waals surface area contributed by atoms with Crippen LogP contribution in [0.5, 0.6) is 0 Å². The van der Waals surface area contributed by atoms with Gasteiger partial charge in [-0.2, -0.15) is 13.2 Å². The van der Waals surface area contributed by atoms with Gasteiger partial charge >= 0.3 is 12.1 Å². The summed E-state index contributed by atoms with van der Waals surface area (Å²) in [6, 6.07) is 6.37. The molecular formula is C17H21F3N4O2S. The van der Waals surface area contributed by atoms with Crippen molar-refractivity contribution in [2.45, 2.75) is 36.4 Å². The molecule has 3 rings (SSSR count). The molecule has 0 radical (unpaired) electrons. The van der Waals surface area contributed by atoms with Crippen LogP contribution in [0.25, 0.3) is 10.9 Å². The molecule has 1 saturated heterocycles. The number of aliphatic carboxylic acids is 1. The highest BCUT2D eigenvalue weighted by molar-refractivity contribution is 7.98. The monoisotopic (exact) mass is 402 g/mol. The number of benzene rings is 1. The highest BCUT2D eigenvalue weighted by Crippen LogP contribution is 2.30. The molecule has 10 heteroatoms. The van der Waals surface area contributed by atoms with Crippen LogP contribution in [0.15, 0.2) is 29.4 Å². The fraction of sp³-hybridized carbons (Fsp3) is 0.471. The molecule has 6 nitrogen and oxygen atoms in total. The van der Waals surface area contributed by atoms with Gasteiger partial charge < -0.3 is 15.7 Å². The Morgan fingerprint density at radius 2 is 1.89 bits per heavy atom. The third kappa shape index (κ3) is 5.70. The van der Waals surface area contributed by atoms with E-state index in [9.17, 15) is 13.2 Å². The van der Waals surface area contributed by atoms with Gasteiger partial charge in [0.15, 0.2) is 0 Å². The number of carboxylic acids is 1. The van der Waals surface area contributed by atoms with Gasteiger partial charge in [0.2, 0.25) is 0 Å². The fourth-order valence-corrected chi connectivity index (χ4v) is 3.07. The van der Waals surface area contributed by atoms with Crippen molar-refractivity contribution in [2.24, 2.45) is 5.73 Å². The molecule has 1 aliphatic heterocycles. The minimum Gasteiger partial charge on any atom is -0.475 e. The zero-order valence-corrected chi connectivity index (χ0v) is 15.8. The molecule has 0 spiro atoms. The van der Waals surface area contributed by atoms with Crippen molar-refractivity contribution in [1.29, 1.82) is 0 Å². The number of alkyl halides is 3. The van der Waals surface area contributed by atoms with E-state index in [4.69, 9.17) is 15.6 Å². The Kier molecular flexibility index (Phi) is 6.53. The molecule has 0 unspecified atom stereocenters. The lowest BCUT2D eigenvalue weighted by Gasteiger charge is -2.37. The molecule has 0 aliphatic carbocycles. The number of rotatable bonds is 2. The molecule has 0 atom stereocenters. The van der Waals surface area contributed by atoms with Gasteiger partial charge in [-0.15, -0.1) is 11.8 Å². The highest BCUT2D eigenvalue weighted by atomic mass is 32.2. The molecule has 1 aromatic carbocycles. The molecule has 1 aliphatic rings. The minimum atomic E-state index is -5.08. The molecule has 148 valence electrons. The quantitative estimate of drug-likeness (QED) is 0.745. The second-order valence-electron chi connectivity index (χ2n) is 6.52. The van der Waals surface area contributed by atoms with Crippen LogP contribution >= 0.6 is 11.8 Å². The lowest BCUT2D eigenvalue weighted by atomic mass is 9.91. The number of nitrogens with two attached hydrogens (primary N) is 1. The third-order valence-corrected chi connectivity index (χ3v) is 4.99. The molecule has 1 fully saturated rings. The number of halogens is 3. The Morgan fingerprint density at radius 3 is 2.41 bits per heavy atom. The number of hydrogen-bond donors (Lipinski definition) is 2. The van der Waals surface area contributed by atoms with Crippen molar-refractivity contribution in [3.05, 3.63) is 24.5 Å². The van der Waals surface area contributed by atoms with Crippen LogP contribution in [-0.4, -0.2) is 52.1 Å². The number of fused-ring (bicyclic) bond motifs is 1. The van der Waals surface area contributed by atoms with Crippen LogP contribution in [0.1, 0.15) is 19.8 Å². The zero-order chi connectivity index (χ0) is 20.2. The van der Waals surface area contributed by atoms with Crippen LogP contribution in [0, 0.1) is 0 Å². The lowest BCUT2D eigenvalue weighted by Crippen LogP contribution is -2.48. The third-order valence-electron chi connectivity index (χ3n) is 4.27. The van der Waals surface area contributed by atoms with Gasteiger partial charge in [-0.3, -0.25) is 0 Å². The number of anilines is 1. The second kappa shape index (κ2) is 8.30.